The van der Waals surface area contributed by atoms with Crippen molar-refractivity contribution >= 4 is 41.8 Å². The Labute approximate surface area is 247 Å². The van der Waals surface area contributed by atoms with E-state index < -0.39 is 17.4 Å². The number of rotatable bonds is 15. The highest BCUT2D eigenvalue weighted by molar-refractivity contribution is 7.99. The van der Waals surface area contributed by atoms with Crippen LogP contribution in [0.2, 0.25) is 0 Å². The van der Waals surface area contributed by atoms with Crippen LogP contribution in [-0.4, -0.2) is 77.3 Å². The van der Waals surface area contributed by atoms with Crippen LogP contribution in [0.5, 0.6) is 0 Å². The zero-order valence-corrected chi connectivity index (χ0v) is 25.4. The molecule has 2 aromatic rings. The second-order valence-corrected chi connectivity index (χ2v) is 11.8. The third-order valence-electron chi connectivity index (χ3n) is 6.58. The summed E-state index contributed by atoms with van der Waals surface area (Å²) in [4.78, 5) is 41.9. The lowest BCUT2D eigenvalue weighted by atomic mass is 9.80. The zero-order chi connectivity index (χ0) is 28.3. The van der Waals surface area contributed by atoms with Gasteiger partial charge in [-0.25, -0.2) is 0 Å². The third kappa shape index (κ3) is 10.5. The Hall–Kier alpha value is -2.47. The summed E-state index contributed by atoms with van der Waals surface area (Å²) < 4.78 is 11.2. The van der Waals surface area contributed by atoms with E-state index >= 15 is 0 Å². The second-order valence-electron chi connectivity index (χ2n) is 10.7. The van der Waals surface area contributed by atoms with E-state index in [1.54, 1.807) is 0 Å². The van der Waals surface area contributed by atoms with Gasteiger partial charge in [-0.3, -0.25) is 14.4 Å². The van der Waals surface area contributed by atoms with E-state index in [2.05, 4.69) is 20.8 Å². The molecule has 1 atom stereocenters. The number of ether oxygens (including phenoxy) is 1. The van der Waals surface area contributed by atoms with E-state index in [9.17, 15) is 14.4 Å². The van der Waals surface area contributed by atoms with Gasteiger partial charge in [-0.2, -0.15) is 0 Å². The fourth-order valence-corrected chi connectivity index (χ4v) is 5.40. The first-order valence-electron chi connectivity index (χ1n) is 13.6. The Balaban J connectivity index is 0.00000560. The molecule has 1 unspecified atom stereocenters. The fraction of sp³-hybridized carbons (Fsp3) is 0.607. The van der Waals surface area contributed by atoms with Crippen LogP contribution >= 0.6 is 24.2 Å². The summed E-state index contributed by atoms with van der Waals surface area (Å²) in [5.41, 5.74) is -0.131. The summed E-state index contributed by atoms with van der Waals surface area (Å²) in [5.74, 6) is -0.397. The van der Waals surface area contributed by atoms with Crippen LogP contribution in [0.3, 0.4) is 0 Å². The van der Waals surface area contributed by atoms with Crippen LogP contribution in [0, 0.1) is 5.92 Å². The first-order valence-corrected chi connectivity index (χ1v) is 14.6. The van der Waals surface area contributed by atoms with Gasteiger partial charge in [0.15, 0.2) is 0 Å². The molecule has 10 nitrogen and oxygen atoms in total. The SMILES string of the molecule is CC(C)CC(NC(=O)C1(NC(=O)COCc2ccccc2)CCCCC1)C(=O)c1nnc(SCCN(C)C)o1.Cl. The van der Waals surface area contributed by atoms with E-state index in [1.807, 2.05) is 63.2 Å². The minimum absolute atomic E-state index is 0. The standard InChI is InChI=1S/C28H41N5O5S.ClH/c1-20(2)17-22(24(35)25-31-32-27(38-25)39-16-15-33(3)4)29-26(36)28(13-9-6-10-14-28)30-23(34)19-37-18-21-11-7-5-8-12-21;/h5,7-8,11-12,20,22H,6,9-10,13-19H2,1-4H3,(H,29,36)(H,30,34);1H. The van der Waals surface area contributed by atoms with E-state index in [-0.39, 0.29) is 42.6 Å². The predicted octanol–water partition coefficient (Wildman–Crippen LogP) is 3.89. The number of halogens is 1. The number of thioether (sulfide) groups is 1. The molecule has 222 valence electrons. The monoisotopic (exact) mass is 595 g/mol. The normalized spacial score (nSPS) is 15.3. The minimum Gasteiger partial charge on any atom is -0.408 e. The lowest BCUT2D eigenvalue weighted by molar-refractivity contribution is -0.137. The predicted molar refractivity (Wildman–Crippen MR) is 157 cm³/mol. The van der Waals surface area contributed by atoms with Gasteiger partial charge < -0.3 is 24.7 Å². The maximum atomic E-state index is 13.7. The number of amides is 2. The van der Waals surface area contributed by atoms with Crippen LogP contribution in [0.25, 0.3) is 0 Å². The molecule has 1 aliphatic carbocycles. The number of nitrogens with zero attached hydrogens (tertiary/aromatic N) is 3. The molecule has 1 heterocycles. The topological polar surface area (TPSA) is 127 Å². The van der Waals surface area contributed by atoms with E-state index in [1.165, 1.54) is 11.8 Å². The molecule has 1 aliphatic rings. The molecule has 1 saturated carbocycles. The van der Waals surface area contributed by atoms with Crippen molar-refractivity contribution in [2.75, 3.05) is 33.0 Å². The largest absolute Gasteiger partial charge is 0.408 e. The third-order valence-corrected chi connectivity index (χ3v) is 7.37. The highest BCUT2D eigenvalue weighted by Gasteiger charge is 2.42. The summed E-state index contributed by atoms with van der Waals surface area (Å²) in [5, 5.41) is 14.1. The maximum absolute atomic E-state index is 13.7. The van der Waals surface area contributed by atoms with Gasteiger partial charge in [-0.15, -0.1) is 22.6 Å². The number of carbonyl (C=O) groups excluding carboxylic acids is 3. The number of aromatic nitrogens is 2. The number of hydrogen-bond donors (Lipinski definition) is 2. The number of ketones is 1. The quantitative estimate of drug-likeness (QED) is 0.233. The van der Waals surface area contributed by atoms with Crippen molar-refractivity contribution in [3.05, 3.63) is 41.8 Å². The van der Waals surface area contributed by atoms with Gasteiger partial charge in [0.05, 0.1) is 12.6 Å². The number of hydrogen-bond acceptors (Lipinski definition) is 9. The lowest BCUT2D eigenvalue weighted by Gasteiger charge is -2.37. The highest BCUT2D eigenvalue weighted by atomic mass is 35.5. The summed E-state index contributed by atoms with van der Waals surface area (Å²) in [6.07, 6.45) is 4.00. The van der Waals surface area contributed by atoms with Crippen LogP contribution in [-0.2, 0) is 20.9 Å². The molecule has 0 saturated heterocycles. The van der Waals surface area contributed by atoms with Crippen LogP contribution in [0.1, 0.15) is 68.6 Å². The molecular formula is C28H42ClN5O5S. The maximum Gasteiger partial charge on any atom is 0.286 e. The molecule has 1 aromatic heterocycles. The van der Waals surface area contributed by atoms with Gasteiger partial charge in [0.25, 0.3) is 11.1 Å². The molecule has 2 amide bonds. The summed E-state index contributed by atoms with van der Waals surface area (Å²) in [6, 6.07) is 8.75. The van der Waals surface area contributed by atoms with Crippen LogP contribution in [0.15, 0.2) is 40.0 Å². The second kappa shape index (κ2) is 16.7. The minimum atomic E-state index is -1.09. The van der Waals surface area contributed by atoms with E-state index in [0.29, 0.717) is 31.1 Å². The molecule has 0 aliphatic heterocycles. The smallest absolute Gasteiger partial charge is 0.286 e. The van der Waals surface area contributed by atoms with Crippen molar-refractivity contribution in [1.29, 1.82) is 0 Å². The van der Waals surface area contributed by atoms with Gasteiger partial charge in [0.1, 0.15) is 12.1 Å². The molecule has 0 radical (unpaired) electrons. The van der Waals surface area contributed by atoms with Crippen molar-refractivity contribution in [3.8, 4) is 0 Å². The molecule has 0 spiro atoms. The van der Waals surface area contributed by atoms with Crippen molar-refractivity contribution in [1.82, 2.24) is 25.7 Å². The molecule has 1 aromatic carbocycles. The molecule has 0 bridgehead atoms. The number of Topliss-reactive ketones (excluding diaryl/α,β-unsaturated/α-hetero) is 1. The van der Waals surface area contributed by atoms with E-state index in [4.69, 9.17) is 9.15 Å². The molecule has 2 N–H and O–H groups in total. The van der Waals surface area contributed by atoms with Gasteiger partial charge >= 0.3 is 0 Å². The van der Waals surface area contributed by atoms with Crippen LogP contribution < -0.4 is 10.6 Å². The molecule has 1 fully saturated rings. The average Bonchev–Trinajstić information content (AvgIpc) is 3.37. The highest BCUT2D eigenvalue weighted by Crippen LogP contribution is 2.29. The number of carbonyl (C=O) groups is 3. The van der Waals surface area contributed by atoms with Gasteiger partial charge in [-0.1, -0.05) is 75.2 Å². The average molecular weight is 596 g/mol. The van der Waals surface area contributed by atoms with E-state index in [0.717, 1.165) is 37.1 Å². The van der Waals surface area contributed by atoms with Gasteiger partial charge in [0, 0.05) is 12.3 Å². The Morgan fingerprint density at radius 1 is 1.10 bits per heavy atom. The number of nitrogens with one attached hydrogen (secondary N) is 2. The Bertz CT molecular complexity index is 1080. The van der Waals surface area contributed by atoms with Gasteiger partial charge in [-0.05, 0) is 44.8 Å². The first kappa shape index (κ1) is 33.7. The zero-order valence-electron chi connectivity index (χ0n) is 23.8. The summed E-state index contributed by atoms with van der Waals surface area (Å²) in [7, 11) is 3.95. The van der Waals surface area contributed by atoms with Crippen molar-refractivity contribution < 1.29 is 23.5 Å². The molecule has 40 heavy (non-hydrogen) atoms. The first-order chi connectivity index (χ1) is 18.7. The Kier molecular flexibility index (Phi) is 14.1. The Morgan fingerprint density at radius 2 is 1.80 bits per heavy atom. The van der Waals surface area contributed by atoms with Crippen LogP contribution in [0.4, 0.5) is 0 Å². The van der Waals surface area contributed by atoms with Gasteiger partial charge in [0.2, 0.25) is 17.6 Å². The molecule has 3 rings (SSSR count). The lowest BCUT2D eigenvalue weighted by Crippen LogP contribution is -2.62. The van der Waals surface area contributed by atoms with Crippen molar-refractivity contribution in [3.63, 3.8) is 0 Å². The molecular weight excluding hydrogens is 554 g/mol. The summed E-state index contributed by atoms with van der Waals surface area (Å²) in [6.45, 7) is 4.93. The molecule has 12 heteroatoms. The number of benzene rings is 1. The fourth-order valence-electron chi connectivity index (χ4n) is 4.53. The van der Waals surface area contributed by atoms with Crippen molar-refractivity contribution in [2.45, 2.75) is 75.8 Å². The Morgan fingerprint density at radius 3 is 2.45 bits per heavy atom. The summed E-state index contributed by atoms with van der Waals surface area (Å²) >= 11 is 1.38. The van der Waals surface area contributed by atoms with Crippen molar-refractivity contribution in [2.24, 2.45) is 5.92 Å².